The Morgan fingerprint density at radius 1 is 1.36 bits per heavy atom. The second-order valence-corrected chi connectivity index (χ2v) is 3.83. The van der Waals surface area contributed by atoms with E-state index in [9.17, 15) is 4.39 Å². The number of benzene rings is 1. The molecule has 0 aliphatic carbocycles. The predicted molar refractivity (Wildman–Crippen MR) is 59.1 cm³/mol. The van der Waals surface area contributed by atoms with E-state index in [1.54, 1.807) is 6.92 Å². The van der Waals surface area contributed by atoms with Crippen LogP contribution in [0.15, 0.2) is 36.4 Å². The molecule has 0 bridgehead atoms. The highest BCUT2D eigenvalue weighted by atomic mass is 19.1. The van der Waals surface area contributed by atoms with E-state index in [2.05, 4.69) is 6.58 Å². The van der Waals surface area contributed by atoms with Gasteiger partial charge in [-0.05, 0) is 31.4 Å². The SMILES string of the molecule is C=C(CC)C(C)(F)c1ccc(C)cc1. The van der Waals surface area contributed by atoms with E-state index >= 15 is 0 Å². The zero-order valence-electron chi connectivity index (χ0n) is 9.10. The average molecular weight is 192 g/mol. The van der Waals surface area contributed by atoms with Crippen molar-refractivity contribution in [1.82, 2.24) is 0 Å². The first kappa shape index (κ1) is 11.0. The topological polar surface area (TPSA) is 0 Å². The van der Waals surface area contributed by atoms with Gasteiger partial charge in [-0.1, -0.05) is 43.3 Å². The molecular weight excluding hydrogens is 175 g/mol. The lowest BCUT2D eigenvalue weighted by atomic mass is 9.89. The quantitative estimate of drug-likeness (QED) is 0.631. The van der Waals surface area contributed by atoms with Crippen molar-refractivity contribution in [1.29, 1.82) is 0 Å². The maximum Gasteiger partial charge on any atom is 0.154 e. The molecule has 1 atom stereocenters. The minimum Gasteiger partial charge on any atom is -0.234 e. The highest BCUT2D eigenvalue weighted by molar-refractivity contribution is 5.32. The number of halogens is 1. The van der Waals surface area contributed by atoms with Crippen LogP contribution in [0.1, 0.15) is 31.4 Å². The van der Waals surface area contributed by atoms with Gasteiger partial charge in [-0.3, -0.25) is 0 Å². The first-order chi connectivity index (χ1) is 6.48. The summed E-state index contributed by atoms with van der Waals surface area (Å²) in [6.07, 6.45) is 0.668. The summed E-state index contributed by atoms with van der Waals surface area (Å²) >= 11 is 0. The van der Waals surface area contributed by atoms with E-state index in [0.29, 0.717) is 17.6 Å². The minimum absolute atomic E-state index is 0.626. The van der Waals surface area contributed by atoms with Crippen LogP contribution < -0.4 is 0 Å². The fraction of sp³-hybridized carbons (Fsp3) is 0.385. The maximum absolute atomic E-state index is 14.2. The first-order valence-corrected chi connectivity index (χ1v) is 4.92. The molecule has 0 spiro atoms. The van der Waals surface area contributed by atoms with Crippen LogP contribution in [0, 0.1) is 6.92 Å². The van der Waals surface area contributed by atoms with E-state index in [4.69, 9.17) is 0 Å². The Morgan fingerprint density at radius 2 is 1.86 bits per heavy atom. The Bertz CT molecular complexity index is 320. The van der Waals surface area contributed by atoms with Gasteiger partial charge in [0, 0.05) is 0 Å². The van der Waals surface area contributed by atoms with Crippen molar-refractivity contribution in [2.75, 3.05) is 0 Å². The summed E-state index contributed by atoms with van der Waals surface area (Å²) in [5.74, 6) is 0. The van der Waals surface area contributed by atoms with Crippen molar-refractivity contribution in [3.05, 3.63) is 47.5 Å². The molecule has 76 valence electrons. The van der Waals surface area contributed by atoms with Gasteiger partial charge in [0.05, 0.1) is 0 Å². The van der Waals surface area contributed by atoms with E-state index in [1.165, 1.54) is 0 Å². The third-order valence-corrected chi connectivity index (χ3v) is 2.68. The smallest absolute Gasteiger partial charge is 0.154 e. The summed E-state index contributed by atoms with van der Waals surface area (Å²) in [7, 11) is 0. The summed E-state index contributed by atoms with van der Waals surface area (Å²) in [4.78, 5) is 0. The molecule has 0 nitrogen and oxygen atoms in total. The summed E-state index contributed by atoms with van der Waals surface area (Å²) in [6, 6.07) is 7.51. The van der Waals surface area contributed by atoms with Crippen molar-refractivity contribution in [2.24, 2.45) is 0 Å². The van der Waals surface area contributed by atoms with Gasteiger partial charge in [0.15, 0.2) is 5.67 Å². The van der Waals surface area contributed by atoms with Crippen LogP contribution in [-0.4, -0.2) is 0 Å². The highest BCUT2D eigenvalue weighted by Gasteiger charge is 2.27. The highest BCUT2D eigenvalue weighted by Crippen LogP contribution is 2.34. The van der Waals surface area contributed by atoms with E-state index in [0.717, 1.165) is 5.56 Å². The predicted octanol–water partition coefficient (Wildman–Crippen LogP) is 4.15. The van der Waals surface area contributed by atoms with Crippen LogP contribution in [0.25, 0.3) is 0 Å². The summed E-state index contributed by atoms with van der Waals surface area (Å²) in [6.45, 7) is 9.26. The van der Waals surface area contributed by atoms with Crippen LogP contribution in [-0.2, 0) is 5.67 Å². The van der Waals surface area contributed by atoms with Gasteiger partial charge in [0.1, 0.15) is 0 Å². The number of hydrogen-bond donors (Lipinski definition) is 0. The van der Waals surface area contributed by atoms with Gasteiger partial charge < -0.3 is 0 Å². The Morgan fingerprint density at radius 3 is 2.29 bits per heavy atom. The normalized spacial score (nSPS) is 14.9. The van der Waals surface area contributed by atoms with Crippen LogP contribution in [0.5, 0.6) is 0 Å². The van der Waals surface area contributed by atoms with Crippen molar-refractivity contribution in [3.63, 3.8) is 0 Å². The Kier molecular flexibility index (Phi) is 3.10. The molecule has 1 rings (SSSR count). The van der Waals surface area contributed by atoms with Gasteiger partial charge in [-0.2, -0.15) is 0 Å². The molecule has 0 heterocycles. The summed E-state index contributed by atoms with van der Waals surface area (Å²) in [5, 5.41) is 0. The third kappa shape index (κ3) is 2.03. The van der Waals surface area contributed by atoms with Crippen molar-refractivity contribution in [2.45, 2.75) is 32.9 Å². The molecule has 14 heavy (non-hydrogen) atoms. The number of hydrogen-bond acceptors (Lipinski definition) is 0. The Labute approximate surface area is 85.5 Å². The summed E-state index contributed by atoms with van der Waals surface area (Å²) < 4.78 is 14.2. The Hall–Kier alpha value is -1.11. The maximum atomic E-state index is 14.2. The lowest BCUT2D eigenvalue weighted by molar-refractivity contribution is 0.240. The van der Waals surface area contributed by atoms with Crippen molar-refractivity contribution < 1.29 is 4.39 Å². The number of alkyl halides is 1. The fourth-order valence-electron chi connectivity index (χ4n) is 1.40. The molecule has 1 aromatic rings. The van der Waals surface area contributed by atoms with E-state index in [1.807, 2.05) is 38.1 Å². The van der Waals surface area contributed by atoms with Gasteiger partial charge in [0.2, 0.25) is 0 Å². The van der Waals surface area contributed by atoms with Crippen LogP contribution in [0.2, 0.25) is 0 Å². The third-order valence-electron chi connectivity index (χ3n) is 2.68. The van der Waals surface area contributed by atoms with Crippen molar-refractivity contribution in [3.8, 4) is 0 Å². The largest absolute Gasteiger partial charge is 0.234 e. The second kappa shape index (κ2) is 3.95. The van der Waals surface area contributed by atoms with Gasteiger partial charge in [-0.15, -0.1) is 0 Å². The molecule has 1 unspecified atom stereocenters. The standard InChI is InChI=1S/C13H17F/c1-5-11(3)13(4,14)12-8-6-10(2)7-9-12/h6-9H,3,5H2,1-2,4H3. The monoisotopic (exact) mass is 192 g/mol. The molecule has 0 aromatic heterocycles. The lowest BCUT2D eigenvalue weighted by Gasteiger charge is -2.22. The van der Waals surface area contributed by atoms with Crippen LogP contribution in [0.3, 0.4) is 0 Å². The number of rotatable bonds is 3. The van der Waals surface area contributed by atoms with Crippen LogP contribution >= 0.6 is 0 Å². The molecule has 0 aliphatic heterocycles. The molecule has 0 saturated heterocycles. The van der Waals surface area contributed by atoms with Crippen LogP contribution in [0.4, 0.5) is 4.39 Å². The molecule has 0 amide bonds. The molecule has 0 radical (unpaired) electrons. The zero-order valence-corrected chi connectivity index (χ0v) is 9.10. The van der Waals surface area contributed by atoms with E-state index in [-0.39, 0.29) is 0 Å². The van der Waals surface area contributed by atoms with Gasteiger partial charge in [-0.25, -0.2) is 4.39 Å². The number of aryl methyl sites for hydroxylation is 1. The second-order valence-electron chi connectivity index (χ2n) is 3.83. The molecule has 1 aromatic carbocycles. The molecule has 0 fully saturated rings. The average Bonchev–Trinajstić information content (AvgIpc) is 2.17. The first-order valence-electron chi connectivity index (χ1n) is 4.92. The van der Waals surface area contributed by atoms with Gasteiger partial charge in [0.25, 0.3) is 0 Å². The van der Waals surface area contributed by atoms with Gasteiger partial charge >= 0.3 is 0 Å². The van der Waals surface area contributed by atoms with Crippen molar-refractivity contribution >= 4 is 0 Å². The molecule has 0 saturated carbocycles. The Balaban J connectivity index is 3.03. The molecule has 0 aliphatic rings. The minimum atomic E-state index is -1.40. The molecular formula is C13H17F. The molecule has 0 N–H and O–H groups in total. The lowest BCUT2D eigenvalue weighted by Crippen LogP contribution is -2.17. The molecule has 1 heteroatoms. The fourth-order valence-corrected chi connectivity index (χ4v) is 1.40. The zero-order chi connectivity index (χ0) is 10.8. The summed E-state index contributed by atoms with van der Waals surface area (Å²) in [5.41, 5.74) is 1.06. The van der Waals surface area contributed by atoms with E-state index < -0.39 is 5.67 Å². The number of allylic oxidation sites excluding steroid dienone is 1.